The Morgan fingerprint density at radius 1 is 1.50 bits per heavy atom. The van der Waals surface area contributed by atoms with Crippen LogP contribution >= 0.6 is 0 Å². The molecule has 0 unspecified atom stereocenters. The van der Waals surface area contributed by atoms with E-state index < -0.39 is 0 Å². The highest BCUT2D eigenvalue weighted by atomic mass is 16.1. The summed E-state index contributed by atoms with van der Waals surface area (Å²) in [6, 6.07) is 0. The number of amides is 1. The van der Waals surface area contributed by atoms with Gasteiger partial charge in [-0.2, -0.15) is 0 Å². The molecule has 0 fully saturated rings. The van der Waals surface area contributed by atoms with Gasteiger partial charge in [0.25, 0.3) is 0 Å². The Morgan fingerprint density at radius 3 is 2.90 bits per heavy atom. The molecule has 0 rings (SSSR count). The third-order valence-corrected chi connectivity index (χ3v) is 1.05. The van der Waals surface area contributed by atoms with Gasteiger partial charge in [-0.05, 0) is 12.8 Å². The zero-order chi connectivity index (χ0) is 7.66. The topological polar surface area (TPSA) is 29.1 Å². The van der Waals surface area contributed by atoms with Crippen LogP contribution in [-0.4, -0.2) is 13.0 Å². The summed E-state index contributed by atoms with van der Waals surface area (Å²) in [5.41, 5.74) is 0. The van der Waals surface area contributed by atoms with Crippen molar-refractivity contribution >= 4 is 6.41 Å². The largest absolute Gasteiger partial charge is 0.359 e. The van der Waals surface area contributed by atoms with Crippen molar-refractivity contribution < 1.29 is 4.79 Å². The lowest BCUT2D eigenvalue weighted by molar-refractivity contribution is -0.109. The van der Waals surface area contributed by atoms with Crippen LogP contribution in [0.1, 0.15) is 12.8 Å². The molecule has 0 aromatic carbocycles. The maximum atomic E-state index is 9.75. The Kier molecular flexibility index (Phi) is 7.12. The summed E-state index contributed by atoms with van der Waals surface area (Å²) in [7, 11) is 0. The van der Waals surface area contributed by atoms with Crippen molar-refractivity contribution in [3.63, 3.8) is 0 Å². The van der Waals surface area contributed by atoms with Crippen molar-refractivity contribution in [2.45, 2.75) is 12.8 Å². The van der Waals surface area contributed by atoms with Crippen LogP contribution < -0.4 is 5.32 Å². The number of unbranched alkanes of at least 4 members (excludes halogenated alkanes) is 1. The zero-order valence-corrected chi connectivity index (χ0v) is 6.05. The van der Waals surface area contributed by atoms with Crippen molar-refractivity contribution in [1.82, 2.24) is 5.32 Å². The van der Waals surface area contributed by atoms with Crippen LogP contribution in [0.3, 0.4) is 0 Å². The number of hydrogen-bond donors (Lipinski definition) is 1. The lowest BCUT2D eigenvalue weighted by Crippen LogP contribution is -2.11. The first-order chi connectivity index (χ1) is 4.91. The zero-order valence-electron chi connectivity index (χ0n) is 6.05. The van der Waals surface area contributed by atoms with Gasteiger partial charge in [0.05, 0.1) is 0 Å². The molecule has 0 aromatic heterocycles. The monoisotopic (exact) mass is 139 g/mol. The minimum Gasteiger partial charge on any atom is -0.359 e. The highest BCUT2D eigenvalue weighted by molar-refractivity contribution is 5.45. The molecule has 0 aliphatic rings. The van der Waals surface area contributed by atoms with Crippen LogP contribution in [0.25, 0.3) is 0 Å². The first-order valence-electron chi connectivity index (χ1n) is 3.36. The predicted molar refractivity (Wildman–Crippen MR) is 42.6 cm³/mol. The number of carbonyl (C=O) groups is 1. The second-order valence-electron chi connectivity index (χ2n) is 1.88. The first-order valence-corrected chi connectivity index (χ1v) is 3.36. The molecular formula is C8H13NO. The molecule has 1 amide bonds. The Labute approximate surface area is 61.6 Å². The summed E-state index contributed by atoms with van der Waals surface area (Å²) in [5.74, 6) is 0. The molecule has 2 nitrogen and oxygen atoms in total. The maximum absolute atomic E-state index is 9.75. The molecule has 10 heavy (non-hydrogen) atoms. The van der Waals surface area contributed by atoms with Crippen LogP contribution in [-0.2, 0) is 4.79 Å². The van der Waals surface area contributed by atoms with Crippen LogP contribution in [0.2, 0.25) is 0 Å². The molecule has 0 aliphatic heterocycles. The highest BCUT2D eigenvalue weighted by Crippen LogP contribution is 1.88. The number of rotatable bonds is 6. The molecule has 0 aromatic rings. The summed E-state index contributed by atoms with van der Waals surface area (Å²) in [5, 5.41) is 2.58. The molecule has 0 spiro atoms. The van der Waals surface area contributed by atoms with Crippen LogP contribution in [0, 0.1) is 0 Å². The van der Waals surface area contributed by atoms with Crippen LogP contribution in [0.5, 0.6) is 0 Å². The molecule has 0 saturated heterocycles. The van der Waals surface area contributed by atoms with Crippen molar-refractivity contribution in [3.05, 3.63) is 24.8 Å². The average molecular weight is 139 g/mol. The fraction of sp³-hybridized carbons (Fsp3) is 0.375. The van der Waals surface area contributed by atoms with E-state index in [1.54, 1.807) is 6.08 Å². The Hall–Kier alpha value is -1.05. The third kappa shape index (κ3) is 6.95. The normalized spacial score (nSPS) is 9.60. The molecule has 0 saturated carbocycles. The van der Waals surface area contributed by atoms with E-state index in [-0.39, 0.29) is 0 Å². The van der Waals surface area contributed by atoms with E-state index in [9.17, 15) is 4.79 Å². The molecule has 0 aliphatic carbocycles. The van der Waals surface area contributed by atoms with Crippen LogP contribution in [0.15, 0.2) is 24.8 Å². The van der Waals surface area contributed by atoms with Gasteiger partial charge in [0.15, 0.2) is 0 Å². The van der Waals surface area contributed by atoms with Crippen molar-refractivity contribution in [1.29, 1.82) is 0 Å². The van der Waals surface area contributed by atoms with Gasteiger partial charge in [-0.25, -0.2) is 0 Å². The van der Waals surface area contributed by atoms with E-state index in [2.05, 4.69) is 11.9 Å². The first kappa shape index (κ1) is 8.95. The predicted octanol–water partition coefficient (Wildman–Crippen LogP) is 1.25. The second kappa shape index (κ2) is 7.95. The van der Waals surface area contributed by atoms with Gasteiger partial charge in [0.1, 0.15) is 0 Å². The molecule has 56 valence electrons. The Morgan fingerprint density at radius 2 is 2.30 bits per heavy atom. The van der Waals surface area contributed by atoms with E-state index in [1.807, 2.05) is 12.2 Å². The van der Waals surface area contributed by atoms with Gasteiger partial charge in [0, 0.05) is 6.54 Å². The molecule has 0 heterocycles. The molecule has 0 bridgehead atoms. The standard InChI is InChI=1S/C8H13NO/c1-2-3-4-5-6-7-9-8-10/h2-4,8H,1,5-7H2,(H,9,10)/b4-3+. The summed E-state index contributed by atoms with van der Waals surface area (Å²) in [6.45, 7) is 4.29. The highest BCUT2D eigenvalue weighted by Gasteiger charge is 1.79. The smallest absolute Gasteiger partial charge is 0.207 e. The Balaban J connectivity index is 2.96. The number of carbonyl (C=O) groups excluding carboxylic acids is 1. The van der Waals surface area contributed by atoms with E-state index >= 15 is 0 Å². The van der Waals surface area contributed by atoms with Crippen molar-refractivity contribution in [3.8, 4) is 0 Å². The lowest BCUT2D eigenvalue weighted by Gasteiger charge is -1.92. The van der Waals surface area contributed by atoms with Gasteiger partial charge in [-0.1, -0.05) is 24.8 Å². The van der Waals surface area contributed by atoms with E-state index in [0.29, 0.717) is 0 Å². The maximum Gasteiger partial charge on any atom is 0.207 e. The SMILES string of the molecule is C=C/C=C/CCCNC=O. The fourth-order valence-corrected chi connectivity index (χ4v) is 0.573. The van der Waals surface area contributed by atoms with E-state index in [1.165, 1.54) is 0 Å². The molecule has 2 heteroatoms. The van der Waals surface area contributed by atoms with E-state index in [4.69, 9.17) is 0 Å². The van der Waals surface area contributed by atoms with Gasteiger partial charge in [-0.3, -0.25) is 4.79 Å². The molecular weight excluding hydrogens is 126 g/mol. The number of hydrogen-bond acceptors (Lipinski definition) is 1. The average Bonchev–Trinajstić information content (AvgIpc) is 1.97. The quantitative estimate of drug-likeness (QED) is 0.335. The number of allylic oxidation sites excluding steroid dienone is 3. The van der Waals surface area contributed by atoms with Gasteiger partial charge in [0.2, 0.25) is 6.41 Å². The minimum absolute atomic E-state index is 0.719. The lowest BCUT2D eigenvalue weighted by atomic mass is 10.3. The summed E-state index contributed by atoms with van der Waals surface area (Å²) >= 11 is 0. The number of nitrogens with one attached hydrogen (secondary N) is 1. The minimum atomic E-state index is 0.719. The van der Waals surface area contributed by atoms with Gasteiger partial charge in [-0.15, -0.1) is 0 Å². The summed E-state index contributed by atoms with van der Waals surface area (Å²) < 4.78 is 0. The van der Waals surface area contributed by atoms with Crippen molar-refractivity contribution in [2.75, 3.05) is 6.54 Å². The summed E-state index contributed by atoms with van der Waals surface area (Å²) in [4.78, 5) is 9.75. The third-order valence-electron chi connectivity index (χ3n) is 1.05. The molecule has 0 atom stereocenters. The Bertz CT molecular complexity index is 118. The van der Waals surface area contributed by atoms with Crippen molar-refractivity contribution in [2.24, 2.45) is 0 Å². The molecule has 1 N–H and O–H groups in total. The fourth-order valence-electron chi connectivity index (χ4n) is 0.573. The summed E-state index contributed by atoms with van der Waals surface area (Å²) in [6.07, 6.45) is 8.38. The van der Waals surface area contributed by atoms with Gasteiger partial charge < -0.3 is 5.32 Å². The molecule has 0 radical (unpaired) electrons. The van der Waals surface area contributed by atoms with E-state index in [0.717, 1.165) is 25.8 Å². The van der Waals surface area contributed by atoms with Gasteiger partial charge >= 0.3 is 0 Å². The van der Waals surface area contributed by atoms with Crippen LogP contribution in [0.4, 0.5) is 0 Å². The second-order valence-corrected chi connectivity index (χ2v) is 1.88.